The van der Waals surface area contributed by atoms with Crippen molar-refractivity contribution in [3.8, 4) is 0 Å². The molecule has 0 bridgehead atoms. The van der Waals surface area contributed by atoms with E-state index in [0.717, 1.165) is 6.42 Å². The van der Waals surface area contributed by atoms with Gasteiger partial charge in [-0.05, 0) is 31.1 Å². The molecule has 0 fully saturated rings. The van der Waals surface area contributed by atoms with Crippen molar-refractivity contribution in [2.75, 3.05) is 13.2 Å². The SMILES string of the molecule is CC(C)(CC(C)(C)C(C)(C)C)OCCN. The summed E-state index contributed by atoms with van der Waals surface area (Å²) < 4.78 is 5.78. The van der Waals surface area contributed by atoms with Gasteiger partial charge in [-0.25, -0.2) is 0 Å². The Hall–Kier alpha value is -0.0800. The van der Waals surface area contributed by atoms with Gasteiger partial charge >= 0.3 is 0 Å². The maximum atomic E-state index is 5.78. The lowest BCUT2D eigenvalue weighted by atomic mass is 9.64. The Labute approximate surface area is 95.6 Å². The Morgan fingerprint density at radius 2 is 1.40 bits per heavy atom. The topological polar surface area (TPSA) is 35.2 Å². The molecule has 0 aromatic rings. The van der Waals surface area contributed by atoms with Gasteiger partial charge in [0.15, 0.2) is 0 Å². The van der Waals surface area contributed by atoms with Crippen molar-refractivity contribution in [1.29, 1.82) is 0 Å². The molecular formula is C13H29NO. The molecule has 0 aliphatic rings. The fourth-order valence-corrected chi connectivity index (χ4v) is 1.72. The molecule has 0 rings (SSSR count). The minimum atomic E-state index is -0.0872. The summed E-state index contributed by atoms with van der Waals surface area (Å²) in [6.45, 7) is 17.0. The van der Waals surface area contributed by atoms with E-state index in [2.05, 4.69) is 48.5 Å². The fraction of sp³-hybridized carbons (Fsp3) is 1.00. The number of hydrogen-bond acceptors (Lipinski definition) is 2. The maximum absolute atomic E-state index is 5.78. The zero-order valence-electron chi connectivity index (χ0n) is 11.6. The molecule has 2 N–H and O–H groups in total. The van der Waals surface area contributed by atoms with E-state index in [0.29, 0.717) is 13.2 Å². The molecule has 0 aromatic carbocycles. The van der Waals surface area contributed by atoms with E-state index >= 15 is 0 Å². The summed E-state index contributed by atoms with van der Waals surface area (Å²) >= 11 is 0. The first-order chi connectivity index (χ1) is 6.52. The van der Waals surface area contributed by atoms with Gasteiger partial charge in [-0.2, -0.15) is 0 Å². The van der Waals surface area contributed by atoms with Gasteiger partial charge in [-0.15, -0.1) is 0 Å². The Morgan fingerprint density at radius 3 is 1.73 bits per heavy atom. The number of nitrogens with two attached hydrogens (primary N) is 1. The van der Waals surface area contributed by atoms with Crippen LogP contribution in [0.3, 0.4) is 0 Å². The third-order valence-corrected chi connectivity index (χ3v) is 3.51. The highest BCUT2D eigenvalue weighted by molar-refractivity contribution is 4.88. The number of ether oxygens (including phenoxy) is 1. The minimum absolute atomic E-state index is 0.0872. The molecule has 0 aromatic heterocycles. The molecule has 15 heavy (non-hydrogen) atoms. The van der Waals surface area contributed by atoms with Crippen molar-refractivity contribution in [2.45, 2.75) is 60.5 Å². The summed E-state index contributed by atoms with van der Waals surface area (Å²) in [7, 11) is 0. The van der Waals surface area contributed by atoms with Crippen LogP contribution >= 0.6 is 0 Å². The molecule has 0 unspecified atom stereocenters. The number of rotatable bonds is 5. The van der Waals surface area contributed by atoms with Crippen molar-refractivity contribution in [2.24, 2.45) is 16.6 Å². The summed E-state index contributed by atoms with van der Waals surface area (Å²) in [6, 6.07) is 0. The Balaban J connectivity index is 4.43. The van der Waals surface area contributed by atoms with Crippen molar-refractivity contribution in [3.63, 3.8) is 0 Å². The molecule has 0 spiro atoms. The van der Waals surface area contributed by atoms with E-state index in [9.17, 15) is 0 Å². The fourth-order valence-electron chi connectivity index (χ4n) is 1.72. The van der Waals surface area contributed by atoms with Crippen LogP contribution in [-0.2, 0) is 4.74 Å². The summed E-state index contributed by atoms with van der Waals surface area (Å²) in [5.74, 6) is 0. The molecule has 0 saturated heterocycles. The molecule has 0 heterocycles. The highest BCUT2D eigenvalue weighted by Crippen LogP contribution is 2.44. The third-order valence-electron chi connectivity index (χ3n) is 3.51. The van der Waals surface area contributed by atoms with Crippen LogP contribution in [-0.4, -0.2) is 18.8 Å². The molecule has 2 nitrogen and oxygen atoms in total. The van der Waals surface area contributed by atoms with Crippen LogP contribution < -0.4 is 5.73 Å². The van der Waals surface area contributed by atoms with Gasteiger partial charge in [0.2, 0.25) is 0 Å². The smallest absolute Gasteiger partial charge is 0.0632 e. The zero-order valence-corrected chi connectivity index (χ0v) is 11.6. The normalized spacial score (nSPS) is 14.4. The van der Waals surface area contributed by atoms with Crippen molar-refractivity contribution < 1.29 is 4.74 Å². The Bertz CT molecular complexity index is 189. The second-order valence-electron chi connectivity index (χ2n) is 6.71. The van der Waals surface area contributed by atoms with E-state index in [1.165, 1.54) is 0 Å². The first kappa shape index (κ1) is 14.9. The van der Waals surface area contributed by atoms with Gasteiger partial charge in [0, 0.05) is 6.54 Å². The van der Waals surface area contributed by atoms with Gasteiger partial charge in [0.25, 0.3) is 0 Å². The lowest BCUT2D eigenvalue weighted by molar-refractivity contribution is -0.0634. The van der Waals surface area contributed by atoms with Crippen LogP contribution in [0.5, 0.6) is 0 Å². The van der Waals surface area contributed by atoms with Crippen LogP contribution in [0.15, 0.2) is 0 Å². The summed E-state index contributed by atoms with van der Waals surface area (Å²) in [6.07, 6.45) is 1.05. The minimum Gasteiger partial charge on any atom is -0.374 e. The van der Waals surface area contributed by atoms with Crippen LogP contribution in [0.1, 0.15) is 54.9 Å². The molecule has 0 aliphatic carbocycles. The molecule has 0 amide bonds. The molecule has 0 radical (unpaired) electrons. The van der Waals surface area contributed by atoms with Gasteiger partial charge in [-0.1, -0.05) is 34.6 Å². The molecule has 0 aliphatic heterocycles. The lowest BCUT2D eigenvalue weighted by Gasteiger charge is -2.44. The van der Waals surface area contributed by atoms with Gasteiger partial charge < -0.3 is 10.5 Å². The van der Waals surface area contributed by atoms with Crippen molar-refractivity contribution >= 4 is 0 Å². The second kappa shape index (κ2) is 4.84. The third kappa shape index (κ3) is 4.98. The average Bonchev–Trinajstić information content (AvgIpc) is 1.96. The van der Waals surface area contributed by atoms with E-state index in [4.69, 9.17) is 10.5 Å². The zero-order chi connectivity index (χ0) is 12.3. The summed E-state index contributed by atoms with van der Waals surface area (Å²) in [4.78, 5) is 0. The Morgan fingerprint density at radius 1 is 0.933 bits per heavy atom. The van der Waals surface area contributed by atoms with Crippen molar-refractivity contribution in [1.82, 2.24) is 0 Å². The number of hydrogen-bond donors (Lipinski definition) is 1. The quantitative estimate of drug-likeness (QED) is 0.764. The van der Waals surface area contributed by atoms with Gasteiger partial charge in [0.05, 0.1) is 12.2 Å². The van der Waals surface area contributed by atoms with Gasteiger partial charge in [0.1, 0.15) is 0 Å². The molecule has 0 saturated carbocycles. The van der Waals surface area contributed by atoms with Crippen LogP contribution in [0.25, 0.3) is 0 Å². The second-order valence-corrected chi connectivity index (χ2v) is 6.71. The maximum Gasteiger partial charge on any atom is 0.0632 e. The van der Waals surface area contributed by atoms with E-state index in [1.807, 2.05) is 0 Å². The molecule has 92 valence electrons. The standard InChI is InChI=1S/C13H29NO/c1-11(2,3)12(4,5)10-13(6,7)15-9-8-14/h8-10,14H2,1-7H3. The highest BCUT2D eigenvalue weighted by atomic mass is 16.5. The van der Waals surface area contributed by atoms with E-state index in [-0.39, 0.29) is 16.4 Å². The lowest BCUT2D eigenvalue weighted by Crippen LogP contribution is -2.39. The predicted octanol–water partition coefficient (Wildman–Crippen LogP) is 3.20. The van der Waals surface area contributed by atoms with Crippen molar-refractivity contribution in [3.05, 3.63) is 0 Å². The first-order valence-corrected chi connectivity index (χ1v) is 5.86. The first-order valence-electron chi connectivity index (χ1n) is 5.86. The predicted molar refractivity (Wildman–Crippen MR) is 66.9 cm³/mol. The summed E-state index contributed by atoms with van der Waals surface area (Å²) in [5, 5.41) is 0. The van der Waals surface area contributed by atoms with E-state index in [1.54, 1.807) is 0 Å². The molecule has 2 heteroatoms. The molecule has 0 atom stereocenters. The summed E-state index contributed by atoms with van der Waals surface area (Å²) in [5.41, 5.74) is 5.92. The monoisotopic (exact) mass is 215 g/mol. The largest absolute Gasteiger partial charge is 0.374 e. The van der Waals surface area contributed by atoms with Crippen LogP contribution in [0.4, 0.5) is 0 Å². The molecular weight excluding hydrogens is 186 g/mol. The Kier molecular flexibility index (Phi) is 4.81. The highest BCUT2D eigenvalue weighted by Gasteiger charge is 2.38. The van der Waals surface area contributed by atoms with Crippen LogP contribution in [0, 0.1) is 10.8 Å². The van der Waals surface area contributed by atoms with Gasteiger partial charge in [-0.3, -0.25) is 0 Å². The van der Waals surface area contributed by atoms with Crippen LogP contribution in [0.2, 0.25) is 0 Å². The van der Waals surface area contributed by atoms with E-state index < -0.39 is 0 Å². The average molecular weight is 215 g/mol.